The summed E-state index contributed by atoms with van der Waals surface area (Å²) in [5.41, 5.74) is 6.58. The van der Waals surface area contributed by atoms with Crippen LogP contribution in [0.5, 0.6) is 0 Å². The quantitative estimate of drug-likeness (QED) is 0.772. The number of nitrogens with one attached hydrogen (secondary N) is 1. The maximum absolute atomic E-state index is 12.4. The van der Waals surface area contributed by atoms with Crippen LogP contribution in [0.15, 0.2) is 22.7 Å². The maximum atomic E-state index is 12.4. The Balaban J connectivity index is 2.23. The summed E-state index contributed by atoms with van der Waals surface area (Å²) in [7, 11) is -3.58. The number of hydrogen-bond acceptors (Lipinski definition) is 3. The van der Waals surface area contributed by atoms with Gasteiger partial charge >= 0.3 is 10.2 Å². The van der Waals surface area contributed by atoms with Crippen LogP contribution in [0.1, 0.15) is 25.3 Å². The molecule has 1 heterocycles. The SMILES string of the molecule is CC1CCN(S(=O)(=O)Nc2ccc(Br)cc2C(N)=S)CC1. The molecule has 0 bridgehead atoms. The molecule has 0 atom stereocenters. The summed E-state index contributed by atoms with van der Waals surface area (Å²) in [5, 5.41) is 0. The van der Waals surface area contributed by atoms with E-state index in [9.17, 15) is 8.42 Å². The number of hydrogen-bond donors (Lipinski definition) is 2. The summed E-state index contributed by atoms with van der Waals surface area (Å²) in [6.45, 7) is 3.21. The number of thiocarbonyl (C=S) groups is 1. The Kier molecular flexibility index (Phi) is 5.24. The number of nitrogens with two attached hydrogens (primary N) is 1. The van der Waals surface area contributed by atoms with Crippen molar-refractivity contribution in [2.45, 2.75) is 19.8 Å². The van der Waals surface area contributed by atoms with E-state index in [4.69, 9.17) is 18.0 Å². The summed E-state index contributed by atoms with van der Waals surface area (Å²) < 4.78 is 29.7. The molecule has 1 aromatic rings. The molecule has 1 fully saturated rings. The molecule has 0 saturated carbocycles. The van der Waals surface area contributed by atoms with E-state index < -0.39 is 10.2 Å². The zero-order chi connectivity index (χ0) is 15.6. The third-order valence-corrected chi connectivity index (χ3v) is 5.80. The Morgan fingerprint density at radius 3 is 2.62 bits per heavy atom. The van der Waals surface area contributed by atoms with Crippen LogP contribution in [0.4, 0.5) is 5.69 Å². The lowest BCUT2D eigenvalue weighted by Gasteiger charge is -2.29. The van der Waals surface area contributed by atoms with Gasteiger partial charge in [-0.1, -0.05) is 35.1 Å². The third kappa shape index (κ3) is 4.15. The van der Waals surface area contributed by atoms with Gasteiger partial charge in [-0.2, -0.15) is 12.7 Å². The van der Waals surface area contributed by atoms with Crippen molar-refractivity contribution in [2.75, 3.05) is 17.8 Å². The van der Waals surface area contributed by atoms with Crippen LogP contribution in [0.3, 0.4) is 0 Å². The van der Waals surface area contributed by atoms with Crippen LogP contribution < -0.4 is 10.5 Å². The summed E-state index contributed by atoms with van der Waals surface area (Å²) in [5.74, 6) is 0.566. The van der Waals surface area contributed by atoms with E-state index in [0.717, 1.165) is 17.3 Å². The number of anilines is 1. The largest absolute Gasteiger partial charge is 0.389 e. The first-order chi connectivity index (χ1) is 9.79. The van der Waals surface area contributed by atoms with Crippen molar-refractivity contribution in [1.82, 2.24) is 4.31 Å². The third-order valence-electron chi connectivity index (χ3n) is 3.57. The topological polar surface area (TPSA) is 75.4 Å². The first-order valence-corrected chi connectivity index (χ1v) is 9.31. The second-order valence-electron chi connectivity index (χ2n) is 5.24. The van der Waals surface area contributed by atoms with Gasteiger partial charge in [-0.15, -0.1) is 0 Å². The van der Waals surface area contributed by atoms with Crippen molar-refractivity contribution in [3.63, 3.8) is 0 Å². The number of nitrogens with zero attached hydrogens (tertiary/aromatic N) is 1. The number of rotatable bonds is 4. The molecule has 1 aliphatic rings. The van der Waals surface area contributed by atoms with E-state index in [1.54, 1.807) is 18.2 Å². The molecule has 1 aromatic carbocycles. The molecule has 1 aliphatic heterocycles. The van der Waals surface area contributed by atoms with Gasteiger partial charge < -0.3 is 5.73 Å². The Bertz CT molecular complexity index is 641. The lowest BCUT2D eigenvalue weighted by Crippen LogP contribution is -2.41. The van der Waals surface area contributed by atoms with Crippen molar-refractivity contribution < 1.29 is 8.42 Å². The van der Waals surface area contributed by atoms with E-state index in [1.807, 2.05) is 0 Å². The zero-order valence-electron chi connectivity index (χ0n) is 11.7. The fourth-order valence-corrected chi connectivity index (χ4v) is 4.04. The molecule has 3 N–H and O–H groups in total. The van der Waals surface area contributed by atoms with Crippen LogP contribution in [-0.4, -0.2) is 30.8 Å². The van der Waals surface area contributed by atoms with E-state index in [1.165, 1.54) is 4.31 Å². The highest BCUT2D eigenvalue weighted by Crippen LogP contribution is 2.24. The molecule has 2 rings (SSSR count). The highest BCUT2D eigenvalue weighted by molar-refractivity contribution is 9.10. The van der Waals surface area contributed by atoms with Gasteiger partial charge in [0, 0.05) is 23.1 Å². The Labute approximate surface area is 139 Å². The first-order valence-electron chi connectivity index (χ1n) is 6.67. The molecule has 5 nitrogen and oxygen atoms in total. The Morgan fingerprint density at radius 1 is 1.43 bits per heavy atom. The molecule has 1 saturated heterocycles. The predicted molar refractivity (Wildman–Crippen MR) is 92.5 cm³/mol. The minimum absolute atomic E-state index is 0.154. The normalized spacial score (nSPS) is 17.6. The molecule has 0 unspecified atom stereocenters. The fourth-order valence-electron chi connectivity index (χ4n) is 2.24. The lowest BCUT2D eigenvalue weighted by molar-refractivity contribution is 0.289. The first kappa shape index (κ1) is 16.7. The summed E-state index contributed by atoms with van der Waals surface area (Å²) >= 11 is 8.30. The van der Waals surface area contributed by atoms with Crippen LogP contribution in [0, 0.1) is 5.92 Å². The second-order valence-corrected chi connectivity index (χ2v) is 8.27. The minimum atomic E-state index is -3.58. The van der Waals surface area contributed by atoms with E-state index in [-0.39, 0.29) is 4.99 Å². The van der Waals surface area contributed by atoms with Gasteiger partial charge in [0.25, 0.3) is 0 Å². The van der Waals surface area contributed by atoms with Gasteiger partial charge in [0.15, 0.2) is 0 Å². The van der Waals surface area contributed by atoms with Crippen molar-refractivity contribution in [3.05, 3.63) is 28.2 Å². The monoisotopic (exact) mass is 391 g/mol. The summed E-state index contributed by atoms with van der Waals surface area (Å²) in [6, 6.07) is 5.11. The van der Waals surface area contributed by atoms with Crippen LogP contribution in [-0.2, 0) is 10.2 Å². The summed E-state index contributed by atoms with van der Waals surface area (Å²) in [4.78, 5) is 0.154. The smallest absolute Gasteiger partial charge is 0.301 e. The number of benzene rings is 1. The van der Waals surface area contributed by atoms with Gasteiger partial charge in [-0.25, -0.2) is 0 Å². The molecule has 8 heteroatoms. The minimum Gasteiger partial charge on any atom is -0.389 e. The maximum Gasteiger partial charge on any atom is 0.301 e. The van der Waals surface area contributed by atoms with Crippen molar-refractivity contribution in [1.29, 1.82) is 0 Å². The molecule has 0 amide bonds. The summed E-state index contributed by atoms with van der Waals surface area (Å²) in [6.07, 6.45) is 1.76. The lowest BCUT2D eigenvalue weighted by atomic mass is 10.0. The Morgan fingerprint density at radius 2 is 2.05 bits per heavy atom. The van der Waals surface area contributed by atoms with E-state index in [0.29, 0.717) is 30.3 Å². The van der Waals surface area contributed by atoms with Crippen molar-refractivity contribution >= 4 is 49.0 Å². The van der Waals surface area contributed by atoms with Gasteiger partial charge in [-0.05, 0) is 37.0 Å². The average molecular weight is 392 g/mol. The average Bonchev–Trinajstić information content (AvgIpc) is 2.41. The molecule has 0 aliphatic carbocycles. The molecule has 0 aromatic heterocycles. The van der Waals surface area contributed by atoms with Crippen molar-refractivity contribution in [3.8, 4) is 0 Å². The molecular formula is C13H18BrN3O2S2. The highest BCUT2D eigenvalue weighted by Gasteiger charge is 2.27. The second kappa shape index (κ2) is 6.60. The number of halogens is 1. The van der Waals surface area contributed by atoms with E-state index >= 15 is 0 Å². The molecule has 0 spiro atoms. The molecule has 116 valence electrons. The predicted octanol–water partition coefficient (Wildman–Crippen LogP) is 2.47. The van der Waals surface area contributed by atoms with Gasteiger partial charge in [0.05, 0.1) is 5.69 Å². The zero-order valence-corrected chi connectivity index (χ0v) is 14.9. The fraction of sp³-hybridized carbons (Fsp3) is 0.462. The highest BCUT2D eigenvalue weighted by atomic mass is 79.9. The van der Waals surface area contributed by atoms with Crippen LogP contribution >= 0.6 is 28.1 Å². The van der Waals surface area contributed by atoms with E-state index in [2.05, 4.69) is 27.6 Å². The molecular weight excluding hydrogens is 374 g/mol. The standard InChI is InChI=1S/C13H18BrN3O2S2/c1-9-4-6-17(7-5-9)21(18,19)16-12-3-2-10(14)8-11(12)13(15)20/h2-3,8-9,16H,4-7H2,1H3,(H2,15,20). The number of piperidine rings is 1. The Hall–Kier alpha value is -0.700. The van der Waals surface area contributed by atoms with Crippen LogP contribution in [0.2, 0.25) is 0 Å². The van der Waals surface area contributed by atoms with Crippen LogP contribution in [0.25, 0.3) is 0 Å². The van der Waals surface area contributed by atoms with Gasteiger partial charge in [0.2, 0.25) is 0 Å². The molecule has 21 heavy (non-hydrogen) atoms. The molecule has 0 radical (unpaired) electrons. The van der Waals surface area contributed by atoms with Crippen molar-refractivity contribution in [2.24, 2.45) is 11.7 Å². The van der Waals surface area contributed by atoms with Gasteiger partial charge in [-0.3, -0.25) is 4.72 Å². The van der Waals surface area contributed by atoms with Gasteiger partial charge in [0.1, 0.15) is 4.99 Å².